The Morgan fingerprint density at radius 2 is 1.09 bits per heavy atom. The molecule has 3 aromatic carbocycles. The number of Topliss-reactive ketones (excluding diaryl/α,β-unsaturated/α-hetero) is 4. The molecule has 0 aliphatic carbocycles. The third kappa shape index (κ3) is 37.6. The molecule has 135 heavy (non-hydrogen) atoms. The molecular formula is C96H144N18O21. The summed E-state index contributed by atoms with van der Waals surface area (Å²) in [6.07, 6.45) is 5.32. The first-order valence-corrected chi connectivity index (χ1v) is 45.8. The number of rotatable bonds is 36. The number of benzene rings is 3. The van der Waals surface area contributed by atoms with Crippen molar-refractivity contribution in [3.8, 4) is 5.75 Å². The quantitative estimate of drug-likeness (QED) is 0.0227. The van der Waals surface area contributed by atoms with Crippen LogP contribution in [0.1, 0.15) is 218 Å². The number of nitrogens with two attached hydrogens (primary N) is 2. The number of fused-ring (bicyclic) bond motifs is 1. The summed E-state index contributed by atoms with van der Waals surface area (Å²) in [7, 11) is 0. The lowest BCUT2D eigenvalue weighted by Gasteiger charge is -2.33. The van der Waals surface area contributed by atoms with E-state index in [0.29, 0.717) is 59.7 Å². The van der Waals surface area contributed by atoms with Crippen molar-refractivity contribution in [2.75, 3.05) is 13.1 Å². The topological polar surface area (TPSA) is 613 Å². The van der Waals surface area contributed by atoms with Crippen LogP contribution in [0.4, 0.5) is 0 Å². The Labute approximate surface area is 789 Å². The molecule has 1 aliphatic rings. The molecule has 0 bridgehead atoms. The number of nitrogens with one attached hydrogen (secondary N) is 16. The molecule has 2 heterocycles. The van der Waals surface area contributed by atoms with Crippen molar-refractivity contribution < 1.29 is 101 Å². The van der Waals surface area contributed by atoms with Crippen molar-refractivity contribution in [3.63, 3.8) is 0 Å². The first kappa shape index (κ1) is 115. The number of allylic oxidation sites excluding steroid dienone is 2. The van der Waals surface area contributed by atoms with E-state index in [1.165, 1.54) is 107 Å². The lowest BCUT2D eigenvalue weighted by molar-refractivity contribution is -0.140. The van der Waals surface area contributed by atoms with Gasteiger partial charge < -0.3 is 106 Å². The number of hydrogen-bond acceptors (Lipinski definition) is 23. The summed E-state index contributed by atoms with van der Waals surface area (Å²) in [6, 6.07) is 2.48. The van der Waals surface area contributed by atoms with Gasteiger partial charge in [0.25, 0.3) is 0 Å². The van der Waals surface area contributed by atoms with E-state index in [2.05, 4.69) is 84.7 Å². The highest BCUT2D eigenvalue weighted by molar-refractivity contribution is 6.41. The second-order valence-electron chi connectivity index (χ2n) is 36.4. The minimum Gasteiger partial charge on any atom is -0.508 e. The third-order valence-corrected chi connectivity index (χ3v) is 23.3. The number of aromatic hydroxyl groups is 1. The minimum absolute atomic E-state index is 0. The van der Waals surface area contributed by atoms with E-state index in [4.69, 9.17) is 11.5 Å². The number of primary amides is 2. The van der Waals surface area contributed by atoms with Crippen molar-refractivity contribution in [3.05, 3.63) is 114 Å². The van der Waals surface area contributed by atoms with Gasteiger partial charge in [-0.15, -0.1) is 0 Å². The van der Waals surface area contributed by atoms with Gasteiger partial charge in [0.1, 0.15) is 71.2 Å². The van der Waals surface area contributed by atoms with Crippen LogP contribution in [0.15, 0.2) is 97.2 Å². The summed E-state index contributed by atoms with van der Waals surface area (Å²) >= 11 is 0. The predicted octanol–water partition coefficient (Wildman–Crippen LogP) is 1.53. The van der Waals surface area contributed by atoms with Crippen molar-refractivity contribution in [2.45, 2.75) is 317 Å². The average molecular weight is 1890 g/mol. The number of phenols is 1. The number of aromatic amines is 1. The molecule has 1 aliphatic heterocycles. The Kier molecular flexibility index (Phi) is 46.9. The van der Waals surface area contributed by atoms with Gasteiger partial charge in [0.15, 0.2) is 0 Å². The zero-order valence-corrected chi connectivity index (χ0v) is 79.7. The zero-order valence-electron chi connectivity index (χ0n) is 79.7. The van der Waals surface area contributed by atoms with Crippen LogP contribution in [0.25, 0.3) is 10.9 Å². The Hall–Kier alpha value is -12.7. The van der Waals surface area contributed by atoms with E-state index < -0.39 is 226 Å². The fourth-order valence-electron chi connectivity index (χ4n) is 14.9. The van der Waals surface area contributed by atoms with Gasteiger partial charge in [-0.2, -0.15) is 0 Å². The molecule has 0 radical (unpaired) electrons. The summed E-state index contributed by atoms with van der Waals surface area (Å²) < 4.78 is 0. The molecule has 5 rings (SSSR count). The maximum Gasteiger partial charge on any atom is 0.246 e. The summed E-state index contributed by atoms with van der Waals surface area (Å²) in [4.78, 5) is 269. The highest BCUT2D eigenvalue weighted by atomic mass is 16.3. The monoisotopic (exact) mass is 1890 g/mol. The molecule has 22 N–H and O–H groups in total. The second-order valence-corrected chi connectivity index (χ2v) is 36.4. The van der Waals surface area contributed by atoms with Crippen molar-refractivity contribution in [1.29, 1.82) is 0 Å². The zero-order chi connectivity index (χ0) is 100. The summed E-state index contributed by atoms with van der Waals surface area (Å²) in [5, 5.41) is 62.0. The molecule has 1 aromatic heterocycles. The van der Waals surface area contributed by atoms with Crippen LogP contribution in [0.5, 0.6) is 5.75 Å². The smallest absolute Gasteiger partial charge is 0.246 e. The Bertz CT molecular complexity index is 4810. The fourth-order valence-corrected chi connectivity index (χ4v) is 14.9. The Balaban J connectivity index is 0.0000381. The molecular weight excluding hydrogens is 1740 g/mol. The molecule has 18 atom stereocenters. The predicted molar refractivity (Wildman–Crippen MR) is 506 cm³/mol. The number of aliphatic hydroxyl groups is 1. The number of phenolic OH excluding ortho intramolecular Hbond substituents is 1. The fraction of sp³-hybridized carbons (Fsp3) is 0.573. The number of carbonyl (C=O) groups is 19. The van der Waals surface area contributed by atoms with Crippen LogP contribution in [0, 0.1) is 23.7 Å². The number of H-pyrrole nitrogens is 1. The van der Waals surface area contributed by atoms with E-state index in [-0.39, 0.29) is 102 Å². The largest absolute Gasteiger partial charge is 0.508 e. The highest BCUT2D eigenvalue weighted by Crippen LogP contribution is 2.25. The molecule has 39 nitrogen and oxygen atoms in total. The van der Waals surface area contributed by atoms with Crippen molar-refractivity contribution in [2.24, 2.45) is 35.1 Å². The first-order valence-electron chi connectivity index (χ1n) is 45.8. The Morgan fingerprint density at radius 1 is 0.526 bits per heavy atom. The molecule has 744 valence electrons. The molecule has 0 saturated heterocycles. The van der Waals surface area contributed by atoms with Gasteiger partial charge in [0.05, 0.1) is 36.2 Å². The van der Waals surface area contributed by atoms with E-state index in [9.17, 15) is 77.3 Å². The molecule has 15 amide bonds. The van der Waals surface area contributed by atoms with Crippen molar-refractivity contribution >= 4 is 123 Å². The number of aromatic nitrogens is 1. The lowest BCUT2D eigenvalue weighted by atomic mass is 9.89. The SMILES string of the molecule is C.CC(=O)N[C@@H](CC(C)C)C(=O)N[C@H](C(=O)N[C@@H](Cc1ccccc1)C(=O)N[C@]1(C)CCCCCC/C=C/CCC[C@@](C)(C(=O)NC(C)C(=O)N[C@@H](C)C(=O)NC(C)C(=O)N[C@@H](C)C(=O)C(=O)[C@H](C)NC[C@H](C)C(N)=O)NC(=O)[C@H](CC(C)C)CN[C@@H](CCC(N)=O)C(=O)C(=O)[C@H](C)NC(=O)[C@H](Cc2c[nH]c3ccccc23)NC(=O)[C@H](Cc2ccc(O)cc2)NC(=O)C(C)NC1=O)[C@@H](C)O. The molecule has 0 saturated carbocycles. The van der Waals surface area contributed by atoms with E-state index in [1.807, 2.05) is 39.8 Å². The Morgan fingerprint density at radius 3 is 1.68 bits per heavy atom. The van der Waals surface area contributed by atoms with Gasteiger partial charge >= 0.3 is 0 Å². The van der Waals surface area contributed by atoms with Crippen LogP contribution in [0.3, 0.4) is 0 Å². The number of ketones is 4. The van der Waals surface area contributed by atoms with Gasteiger partial charge in [-0.25, -0.2) is 0 Å². The van der Waals surface area contributed by atoms with Gasteiger partial charge in [0.2, 0.25) is 112 Å². The van der Waals surface area contributed by atoms with Crippen LogP contribution in [-0.2, 0) is 110 Å². The van der Waals surface area contributed by atoms with Crippen molar-refractivity contribution in [1.82, 2.24) is 84.7 Å². The lowest BCUT2D eigenvalue weighted by Crippen LogP contribution is -2.64. The van der Waals surface area contributed by atoms with Crippen LogP contribution >= 0.6 is 0 Å². The van der Waals surface area contributed by atoms with Crippen LogP contribution < -0.4 is 91.2 Å². The average Bonchev–Trinajstić information content (AvgIpc) is 1.69. The molecule has 0 fully saturated rings. The molecule has 39 heteroatoms. The third-order valence-electron chi connectivity index (χ3n) is 23.3. The standard InChI is InChI=1S/C95H140N18O21.CH4/c1-51(2)43-66-50-100-70(39-40-75(96)117)80(121)79(120)56(8)102-87(128)74(47-65-49-99-69-34-28-27-33-68(65)69)109-88(129)72(46-64-35-37-67(116)38-36-64)108-85(126)60(12)106-93(134)95(16,113-90(131)73(45-63-31-25-24-26-32-63)110-91(132)76(61(13)114)111-89(130)71(44-52(3)4)107-62(14)115)42-30-23-21-19-17-18-20-22-29-41-94(15,112-86(66)127)92(133)105-59(11)84(125)104-58(10)83(124)103-57(9)82(123)101-55(7)78(119)77(118)54(6)98-48-53(5)81(97)122;/h18,20,24-28,31-38,49,51-61,66,70-74,76,98-100,114,116H,17,19,21-23,29-30,39-48,50H2,1-16H3,(H2,96,117)(H2,97,122)(H,101,123)(H,102,128)(H,103,124)(H,104,125)(H,105,133)(H,106,134)(H,107,115)(H,108,126)(H,109,129)(H,110,132)(H,111,130)(H,112,127)(H,113,131);1H4/b20-18+;/t53-,54-,55-,56-,57?,58-,59?,60?,61+,66+,70-,71-,72-,73-,74-,76-,94-,95+;/m0./s1. The highest BCUT2D eigenvalue weighted by Gasteiger charge is 2.44. The van der Waals surface area contributed by atoms with E-state index in [1.54, 1.807) is 60.8 Å². The minimum atomic E-state index is -1.92. The number of hydrogen-bond donors (Lipinski definition) is 20. The molecule has 0 spiro atoms. The van der Waals surface area contributed by atoms with Gasteiger partial charge in [-0.1, -0.05) is 134 Å². The molecule has 3 unspecified atom stereocenters. The van der Waals surface area contributed by atoms with E-state index >= 15 is 24.0 Å². The van der Waals surface area contributed by atoms with Crippen LogP contribution in [-0.4, -0.2) is 236 Å². The summed E-state index contributed by atoms with van der Waals surface area (Å²) in [5.41, 5.74) is 9.24. The normalized spacial score (nSPS) is 22.2. The second kappa shape index (κ2) is 55.3. The maximum atomic E-state index is 15.3. The van der Waals surface area contributed by atoms with E-state index in [0.717, 1.165) is 0 Å². The van der Waals surface area contributed by atoms with Gasteiger partial charge in [-0.05, 0) is 174 Å². The molecule has 4 aromatic rings. The number of para-hydroxylation sites is 1. The van der Waals surface area contributed by atoms with Gasteiger partial charge in [-0.3, -0.25) is 91.1 Å². The number of aliphatic hydroxyl groups excluding tert-OH is 1. The van der Waals surface area contributed by atoms with Crippen LogP contribution in [0.2, 0.25) is 0 Å². The van der Waals surface area contributed by atoms with Gasteiger partial charge in [0, 0.05) is 68.7 Å². The maximum absolute atomic E-state index is 15.3. The summed E-state index contributed by atoms with van der Waals surface area (Å²) in [5.74, 6) is -19.1. The first-order chi connectivity index (χ1) is 62.9. The number of amides is 15. The number of carbonyl (C=O) groups excluding carboxylic acids is 19. The summed E-state index contributed by atoms with van der Waals surface area (Å²) in [6.45, 7) is 22.9.